The van der Waals surface area contributed by atoms with Crippen LogP contribution < -0.4 is 11.1 Å². The van der Waals surface area contributed by atoms with Gasteiger partial charge < -0.3 is 15.8 Å². The second kappa shape index (κ2) is 6.63. The fraction of sp³-hybridized carbons (Fsp3) is 0.429. The van der Waals surface area contributed by atoms with Crippen LogP contribution in [-0.4, -0.2) is 23.6 Å². The Hall–Kier alpha value is -1.46. The molecule has 1 fully saturated rings. The van der Waals surface area contributed by atoms with Crippen LogP contribution in [0.15, 0.2) is 24.3 Å². The molecule has 3 N–H and O–H groups in total. The van der Waals surface area contributed by atoms with E-state index < -0.39 is 0 Å². The number of ether oxygens (including phenoxy) is 1. The Kier molecular flexibility index (Phi) is 4.87. The zero-order valence-corrected chi connectivity index (χ0v) is 11.5. The van der Waals surface area contributed by atoms with Crippen LogP contribution in [0.4, 0.5) is 0 Å². The third-order valence-corrected chi connectivity index (χ3v) is 3.40. The van der Waals surface area contributed by atoms with E-state index in [4.69, 9.17) is 22.7 Å². The van der Waals surface area contributed by atoms with Crippen molar-refractivity contribution < 1.29 is 9.53 Å². The van der Waals surface area contributed by atoms with E-state index in [9.17, 15) is 4.79 Å². The van der Waals surface area contributed by atoms with Gasteiger partial charge in [-0.3, -0.25) is 4.79 Å². The van der Waals surface area contributed by atoms with Gasteiger partial charge >= 0.3 is 0 Å². The van der Waals surface area contributed by atoms with Crippen molar-refractivity contribution in [3.63, 3.8) is 0 Å². The van der Waals surface area contributed by atoms with Crippen molar-refractivity contribution in [3.05, 3.63) is 35.4 Å². The molecule has 19 heavy (non-hydrogen) atoms. The van der Waals surface area contributed by atoms with Crippen LogP contribution >= 0.6 is 12.2 Å². The normalized spacial score (nSPS) is 18.2. The van der Waals surface area contributed by atoms with Crippen LogP contribution in [-0.2, 0) is 16.1 Å². The van der Waals surface area contributed by atoms with Gasteiger partial charge in [-0.15, -0.1) is 0 Å². The second-order valence-electron chi connectivity index (χ2n) is 4.68. The van der Waals surface area contributed by atoms with E-state index in [2.05, 4.69) is 5.32 Å². The molecule has 0 spiro atoms. The van der Waals surface area contributed by atoms with Crippen molar-refractivity contribution in [1.29, 1.82) is 0 Å². The predicted octanol–water partition coefficient (Wildman–Crippen LogP) is 1.51. The number of hydrogen-bond acceptors (Lipinski definition) is 3. The van der Waals surface area contributed by atoms with E-state index in [1.54, 1.807) is 0 Å². The minimum Gasteiger partial charge on any atom is -0.389 e. The van der Waals surface area contributed by atoms with E-state index in [0.29, 0.717) is 18.0 Å². The zero-order chi connectivity index (χ0) is 13.7. The monoisotopic (exact) mass is 278 g/mol. The standard InChI is InChI=1S/C14H18N2O2S/c15-14(19)11-5-3-10(4-6-11)9-16-13(17)8-12-2-1-7-18-12/h3-6,12H,1-2,7-9H2,(H2,15,19)(H,16,17). The first-order valence-corrected chi connectivity index (χ1v) is 6.83. The van der Waals surface area contributed by atoms with Gasteiger partial charge in [0.1, 0.15) is 4.99 Å². The maximum atomic E-state index is 11.7. The smallest absolute Gasteiger partial charge is 0.222 e. The molecule has 1 aromatic rings. The van der Waals surface area contributed by atoms with Crippen molar-refractivity contribution in [3.8, 4) is 0 Å². The zero-order valence-electron chi connectivity index (χ0n) is 10.7. The molecule has 102 valence electrons. The molecule has 2 rings (SSSR count). The first-order valence-electron chi connectivity index (χ1n) is 6.42. The molecule has 1 aromatic carbocycles. The first-order chi connectivity index (χ1) is 9.15. The molecular formula is C14H18N2O2S. The molecule has 0 bridgehead atoms. The van der Waals surface area contributed by atoms with Gasteiger partial charge in [0.05, 0.1) is 12.5 Å². The van der Waals surface area contributed by atoms with Crippen molar-refractivity contribution >= 4 is 23.1 Å². The van der Waals surface area contributed by atoms with Gasteiger partial charge in [0.25, 0.3) is 0 Å². The molecule has 4 nitrogen and oxygen atoms in total. The second-order valence-corrected chi connectivity index (χ2v) is 5.12. The van der Waals surface area contributed by atoms with Crippen molar-refractivity contribution in [2.75, 3.05) is 6.61 Å². The van der Waals surface area contributed by atoms with Crippen LogP contribution in [0.1, 0.15) is 30.4 Å². The fourth-order valence-electron chi connectivity index (χ4n) is 2.07. The number of carbonyl (C=O) groups excluding carboxylic acids is 1. The molecule has 5 heteroatoms. The maximum Gasteiger partial charge on any atom is 0.222 e. The minimum atomic E-state index is 0.0327. The maximum absolute atomic E-state index is 11.7. The van der Waals surface area contributed by atoms with E-state index in [-0.39, 0.29) is 12.0 Å². The molecule has 1 aliphatic rings. The topological polar surface area (TPSA) is 64.3 Å². The lowest BCUT2D eigenvalue weighted by molar-refractivity contribution is -0.123. The molecule has 1 heterocycles. The Labute approximate surface area is 118 Å². The number of hydrogen-bond donors (Lipinski definition) is 2. The Balaban J connectivity index is 1.77. The lowest BCUT2D eigenvalue weighted by Crippen LogP contribution is -2.26. The number of amides is 1. The quantitative estimate of drug-likeness (QED) is 0.801. The van der Waals surface area contributed by atoms with Gasteiger partial charge in [-0.1, -0.05) is 36.5 Å². The summed E-state index contributed by atoms with van der Waals surface area (Å²) in [6, 6.07) is 7.56. The van der Waals surface area contributed by atoms with E-state index >= 15 is 0 Å². The number of carbonyl (C=O) groups is 1. The largest absolute Gasteiger partial charge is 0.389 e. The van der Waals surface area contributed by atoms with Gasteiger partial charge in [-0.05, 0) is 18.4 Å². The van der Waals surface area contributed by atoms with Crippen molar-refractivity contribution in [2.24, 2.45) is 5.73 Å². The molecule has 1 unspecified atom stereocenters. The summed E-state index contributed by atoms with van der Waals surface area (Å²) in [5.74, 6) is 0.0327. The Morgan fingerprint density at radius 2 is 2.16 bits per heavy atom. The van der Waals surface area contributed by atoms with E-state index in [1.807, 2.05) is 24.3 Å². The summed E-state index contributed by atoms with van der Waals surface area (Å²) in [7, 11) is 0. The van der Waals surface area contributed by atoms with Gasteiger partial charge in [-0.2, -0.15) is 0 Å². The Bertz CT molecular complexity index is 453. The van der Waals surface area contributed by atoms with Crippen LogP contribution in [0, 0.1) is 0 Å². The Morgan fingerprint density at radius 3 is 2.74 bits per heavy atom. The molecule has 1 amide bonds. The van der Waals surface area contributed by atoms with Crippen LogP contribution in [0.5, 0.6) is 0 Å². The van der Waals surface area contributed by atoms with Gasteiger partial charge in [0.15, 0.2) is 0 Å². The first kappa shape index (κ1) is 14.0. The fourth-order valence-corrected chi connectivity index (χ4v) is 2.21. The summed E-state index contributed by atoms with van der Waals surface area (Å²) < 4.78 is 5.43. The van der Waals surface area contributed by atoms with Crippen molar-refractivity contribution in [1.82, 2.24) is 5.32 Å². The number of rotatable bonds is 5. The molecule has 1 aliphatic heterocycles. The van der Waals surface area contributed by atoms with Crippen molar-refractivity contribution in [2.45, 2.75) is 31.9 Å². The number of thiocarbonyl (C=S) groups is 1. The molecule has 0 radical (unpaired) electrons. The summed E-state index contributed by atoms with van der Waals surface area (Å²) in [5.41, 5.74) is 7.39. The molecule has 0 saturated carbocycles. The molecular weight excluding hydrogens is 260 g/mol. The van der Waals surface area contributed by atoms with Crippen LogP contribution in [0.3, 0.4) is 0 Å². The lowest BCUT2D eigenvalue weighted by Gasteiger charge is -2.10. The lowest BCUT2D eigenvalue weighted by atomic mass is 10.1. The number of benzene rings is 1. The van der Waals surface area contributed by atoms with Crippen LogP contribution in [0.25, 0.3) is 0 Å². The third-order valence-electron chi connectivity index (χ3n) is 3.17. The van der Waals surface area contributed by atoms with Gasteiger partial charge in [0, 0.05) is 18.7 Å². The highest BCUT2D eigenvalue weighted by Gasteiger charge is 2.18. The summed E-state index contributed by atoms with van der Waals surface area (Å²) in [4.78, 5) is 12.1. The highest BCUT2D eigenvalue weighted by Crippen LogP contribution is 2.15. The molecule has 0 aromatic heterocycles. The summed E-state index contributed by atoms with van der Waals surface area (Å²) in [6.07, 6.45) is 2.58. The average molecular weight is 278 g/mol. The summed E-state index contributed by atoms with van der Waals surface area (Å²) in [6.45, 7) is 1.29. The van der Waals surface area contributed by atoms with Crippen LogP contribution in [0.2, 0.25) is 0 Å². The molecule has 0 aliphatic carbocycles. The van der Waals surface area contributed by atoms with Gasteiger partial charge in [0.2, 0.25) is 5.91 Å². The van der Waals surface area contributed by atoms with E-state index in [1.165, 1.54) is 0 Å². The number of nitrogens with two attached hydrogens (primary N) is 1. The molecule has 1 atom stereocenters. The average Bonchev–Trinajstić information content (AvgIpc) is 2.89. The summed E-state index contributed by atoms with van der Waals surface area (Å²) >= 11 is 4.89. The SMILES string of the molecule is NC(=S)c1ccc(CNC(=O)CC2CCCO2)cc1. The predicted molar refractivity (Wildman–Crippen MR) is 77.8 cm³/mol. The molecule has 1 saturated heterocycles. The highest BCUT2D eigenvalue weighted by molar-refractivity contribution is 7.80. The third kappa shape index (κ3) is 4.29. The van der Waals surface area contributed by atoms with E-state index in [0.717, 1.165) is 30.6 Å². The van der Waals surface area contributed by atoms with Gasteiger partial charge in [-0.25, -0.2) is 0 Å². The number of nitrogens with one attached hydrogen (secondary N) is 1. The summed E-state index contributed by atoms with van der Waals surface area (Å²) in [5, 5.41) is 2.89. The Morgan fingerprint density at radius 1 is 1.42 bits per heavy atom. The highest BCUT2D eigenvalue weighted by atomic mass is 32.1. The minimum absolute atomic E-state index is 0.0327.